The maximum absolute atomic E-state index is 13.0. The minimum Gasteiger partial charge on any atom is -0.466 e. The van der Waals surface area contributed by atoms with Gasteiger partial charge in [-0.15, -0.1) is 0 Å². The molecule has 3 heterocycles. The Morgan fingerprint density at radius 2 is 2.10 bits per heavy atom. The molecule has 1 unspecified atom stereocenters. The van der Waals surface area contributed by atoms with Crippen LogP contribution in [0.1, 0.15) is 27.4 Å². The molecule has 2 N–H and O–H groups in total. The molecule has 0 saturated carbocycles. The summed E-state index contributed by atoms with van der Waals surface area (Å²) in [5.41, 5.74) is 0.337. The van der Waals surface area contributed by atoms with Crippen molar-refractivity contribution in [1.82, 2.24) is 10.5 Å². The molecular weight excluding hydrogens is 412 g/mol. The monoisotopic (exact) mass is 428 g/mol. The number of aryl methyl sites for hydroxylation is 1. The van der Waals surface area contributed by atoms with Gasteiger partial charge in [0.15, 0.2) is 5.60 Å². The van der Waals surface area contributed by atoms with Crippen LogP contribution in [-0.4, -0.2) is 22.7 Å². The number of rotatable bonds is 6. The average Bonchev–Trinajstić information content (AvgIpc) is 3.47. The van der Waals surface area contributed by atoms with Crippen LogP contribution in [0.2, 0.25) is 5.02 Å². The lowest BCUT2D eigenvalue weighted by Crippen LogP contribution is -2.41. The molecule has 0 bridgehead atoms. The number of nitrogens with one attached hydrogen (secondary N) is 1. The molecule has 1 amide bonds. The zero-order valence-corrected chi connectivity index (χ0v) is 17.0. The van der Waals surface area contributed by atoms with E-state index in [1.807, 2.05) is 10.8 Å². The SMILES string of the molecule is Cc1onc(-c2ccccc2Cl)c1C(=O)NCC(O)(c1ccsc1)c1ccco1. The van der Waals surface area contributed by atoms with Crippen LogP contribution in [0.3, 0.4) is 0 Å². The van der Waals surface area contributed by atoms with Crippen molar-refractivity contribution in [2.45, 2.75) is 12.5 Å². The van der Waals surface area contributed by atoms with Crippen molar-refractivity contribution in [3.05, 3.63) is 87.2 Å². The Morgan fingerprint density at radius 3 is 2.79 bits per heavy atom. The lowest BCUT2D eigenvalue weighted by Gasteiger charge is -2.25. The highest BCUT2D eigenvalue weighted by Gasteiger charge is 2.36. The van der Waals surface area contributed by atoms with Gasteiger partial charge in [0.2, 0.25) is 0 Å². The molecule has 29 heavy (non-hydrogen) atoms. The Hall–Kier alpha value is -2.87. The van der Waals surface area contributed by atoms with E-state index in [0.29, 0.717) is 33.4 Å². The van der Waals surface area contributed by atoms with E-state index in [9.17, 15) is 9.90 Å². The number of carbonyl (C=O) groups is 1. The van der Waals surface area contributed by atoms with Crippen LogP contribution in [0.5, 0.6) is 0 Å². The second kappa shape index (κ2) is 7.87. The fourth-order valence-corrected chi connectivity index (χ4v) is 4.07. The number of hydrogen-bond acceptors (Lipinski definition) is 6. The molecule has 1 aromatic carbocycles. The second-order valence-electron chi connectivity index (χ2n) is 6.47. The van der Waals surface area contributed by atoms with Crippen molar-refractivity contribution in [2.75, 3.05) is 6.54 Å². The van der Waals surface area contributed by atoms with Gasteiger partial charge >= 0.3 is 0 Å². The first-order valence-corrected chi connectivity index (χ1v) is 10.1. The van der Waals surface area contributed by atoms with Crippen molar-refractivity contribution in [3.8, 4) is 11.3 Å². The van der Waals surface area contributed by atoms with Crippen molar-refractivity contribution >= 4 is 28.8 Å². The molecule has 4 aromatic rings. The minimum absolute atomic E-state index is 0.0946. The van der Waals surface area contributed by atoms with Crippen LogP contribution in [0, 0.1) is 6.92 Å². The van der Waals surface area contributed by atoms with Crippen LogP contribution in [0.15, 0.2) is 68.4 Å². The van der Waals surface area contributed by atoms with Gasteiger partial charge in [-0.25, -0.2) is 0 Å². The van der Waals surface area contributed by atoms with Gasteiger partial charge in [-0.2, -0.15) is 11.3 Å². The summed E-state index contributed by atoms with van der Waals surface area (Å²) in [7, 11) is 0. The zero-order chi connectivity index (χ0) is 20.4. The topological polar surface area (TPSA) is 88.5 Å². The number of hydrogen-bond donors (Lipinski definition) is 2. The lowest BCUT2D eigenvalue weighted by molar-refractivity contribution is 0.0528. The molecule has 0 aliphatic rings. The summed E-state index contributed by atoms with van der Waals surface area (Å²) in [5.74, 6) is 0.262. The van der Waals surface area contributed by atoms with Gasteiger partial charge in [0.25, 0.3) is 5.91 Å². The van der Waals surface area contributed by atoms with E-state index in [-0.39, 0.29) is 12.1 Å². The highest BCUT2D eigenvalue weighted by atomic mass is 35.5. The Labute approximate surface area is 175 Å². The van der Waals surface area contributed by atoms with Gasteiger partial charge in [-0.05, 0) is 41.9 Å². The molecule has 0 aliphatic heterocycles. The first-order valence-electron chi connectivity index (χ1n) is 8.79. The number of benzene rings is 1. The van der Waals surface area contributed by atoms with Crippen molar-refractivity contribution < 1.29 is 18.8 Å². The van der Waals surface area contributed by atoms with Crippen molar-refractivity contribution in [2.24, 2.45) is 0 Å². The lowest BCUT2D eigenvalue weighted by atomic mass is 9.93. The number of thiophene rings is 1. The van der Waals surface area contributed by atoms with Gasteiger partial charge in [0.1, 0.15) is 22.8 Å². The van der Waals surface area contributed by atoms with Crippen molar-refractivity contribution in [3.63, 3.8) is 0 Å². The van der Waals surface area contributed by atoms with Gasteiger partial charge in [-0.3, -0.25) is 4.79 Å². The average molecular weight is 429 g/mol. The molecule has 148 valence electrons. The van der Waals surface area contributed by atoms with Gasteiger partial charge < -0.3 is 19.4 Å². The standard InChI is InChI=1S/C21H17ClN2O4S/c1-13-18(19(24-28-13)15-5-2-3-6-16(15)22)20(25)23-12-21(26,14-8-10-29-11-14)17-7-4-9-27-17/h2-11,26H,12H2,1H3,(H,23,25). The van der Waals surface area contributed by atoms with Crippen molar-refractivity contribution in [1.29, 1.82) is 0 Å². The largest absolute Gasteiger partial charge is 0.466 e. The molecule has 1 atom stereocenters. The fourth-order valence-electron chi connectivity index (χ4n) is 3.12. The molecule has 8 heteroatoms. The summed E-state index contributed by atoms with van der Waals surface area (Å²) in [5, 5.41) is 22.2. The third-order valence-corrected chi connectivity index (χ3v) is 5.66. The quantitative estimate of drug-likeness (QED) is 0.467. The number of nitrogens with zero attached hydrogens (tertiary/aromatic N) is 1. The predicted molar refractivity (Wildman–Crippen MR) is 110 cm³/mol. The van der Waals surface area contributed by atoms with E-state index in [2.05, 4.69) is 10.5 Å². The van der Waals surface area contributed by atoms with Crippen LogP contribution < -0.4 is 5.32 Å². The Bertz CT molecular complexity index is 1090. The second-order valence-corrected chi connectivity index (χ2v) is 7.66. The van der Waals surface area contributed by atoms with Gasteiger partial charge in [0, 0.05) is 11.1 Å². The molecule has 0 saturated heterocycles. The summed E-state index contributed by atoms with van der Waals surface area (Å²) in [6, 6.07) is 12.2. The Kier molecular flexibility index (Phi) is 5.27. The summed E-state index contributed by atoms with van der Waals surface area (Å²) in [6.45, 7) is 1.56. The summed E-state index contributed by atoms with van der Waals surface area (Å²) < 4.78 is 10.7. The molecule has 4 rings (SSSR count). The van der Waals surface area contributed by atoms with E-state index in [1.165, 1.54) is 17.6 Å². The summed E-state index contributed by atoms with van der Waals surface area (Å²) in [6.07, 6.45) is 1.48. The van der Waals surface area contributed by atoms with Crippen LogP contribution >= 0.6 is 22.9 Å². The number of halogens is 1. The molecule has 6 nitrogen and oxygen atoms in total. The molecule has 0 fully saturated rings. The molecule has 3 aromatic heterocycles. The first-order chi connectivity index (χ1) is 14.0. The number of carbonyl (C=O) groups excluding carboxylic acids is 1. The van der Waals surface area contributed by atoms with Gasteiger partial charge in [-0.1, -0.05) is 35.0 Å². The smallest absolute Gasteiger partial charge is 0.257 e. The fraction of sp³-hybridized carbons (Fsp3) is 0.143. The maximum atomic E-state index is 13.0. The number of aromatic nitrogens is 1. The minimum atomic E-state index is -1.51. The van der Waals surface area contributed by atoms with Crippen LogP contribution in [-0.2, 0) is 5.60 Å². The molecule has 0 radical (unpaired) electrons. The van der Waals surface area contributed by atoms with E-state index in [0.717, 1.165) is 0 Å². The normalized spacial score (nSPS) is 13.2. The van der Waals surface area contributed by atoms with E-state index < -0.39 is 11.5 Å². The van der Waals surface area contributed by atoms with Crippen LogP contribution in [0.25, 0.3) is 11.3 Å². The molecule has 0 aliphatic carbocycles. The molecular formula is C21H17ClN2O4S. The van der Waals surface area contributed by atoms with E-state index in [1.54, 1.807) is 49.4 Å². The third kappa shape index (κ3) is 3.60. The third-order valence-electron chi connectivity index (χ3n) is 4.65. The number of amides is 1. The van der Waals surface area contributed by atoms with Crippen LogP contribution in [0.4, 0.5) is 0 Å². The zero-order valence-electron chi connectivity index (χ0n) is 15.4. The Balaban J connectivity index is 1.64. The predicted octanol–water partition coefficient (Wildman–Crippen LogP) is 4.62. The number of furan rings is 1. The summed E-state index contributed by atoms with van der Waals surface area (Å²) in [4.78, 5) is 13.0. The highest BCUT2D eigenvalue weighted by Crippen LogP contribution is 2.33. The number of aliphatic hydroxyl groups is 1. The first kappa shape index (κ1) is 19.4. The molecule has 0 spiro atoms. The summed E-state index contributed by atoms with van der Waals surface area (Å²) >= 11 is 7.71. The van der Waals surface area contributed by atoms with E-state index in [4.69, 9.17) is 20.5 Å². The van der Waals surface area contributed by atoms with Gasteiger partial charge in [0.05, 0.1) is 17.8 Å². The Morgan fingerprint density at radius 1 is 1.28 bits per heavy atom. The van der Waals surface area contributed by atoms with E-state index >= 15 is 0 Å². The maximum Gasteiger partial charge on any atom is 0.257 e. The highest BCUT2D eigenvalue weighted by molar-refractivity contribution is 7.08.